The molecule has 2 rings (SSSR count). The first-order valence-corrected chi connectivity index (χ1v) is 6.53. The molecule has 2 heterocycles. The second kappa shape index (κ2) is 5.28. The van der Waals surface area contributed by atoms with Crippen LogP contribution in [0, 0.1) is 5.92 Å². The van der Waals surface area contributed by atoms with E-state index in [1.54, 1.807) is 13.3 Å². The molecule has 1 aromatic heterocycles. The number of hydrogen-bond acceptors (Lipinski definition) is 4. The van der Waals surface area contributed by atoms with Gasteiger partial charge in [0.25, 0.3) is 0 Å². The summed E-state index contributed by atoms with van der Waals surface area (Å²) in [6.45, 7) is 6.99. The molecule has 0 aromatic carbocycles. The maximum atomic E-state index is 6.40. The molecule has 3 atom stereocenters. The van der Waals surface area contributed by atoms with Crippen molar-refractivity contribution >= 4 is 0 Å². The average Bonchev–Trinajstić information content (AvgIpc) is 2.93. The second-order valence-electron chi connectivity index (χ2n) is 5.30. The lowest BCUT2D eigenvalue weighted by Gasteiger charge is -2.22. The van der Waals surface area contributed by atoms with Crippen molar-refractivity contribution in [3.8, 4) is 5.75 Å². The number of nitrogens with two attached hydrogens (primary N) is 1. The van der Waals surface area contributed by atoms with E-state index in [0.717, 1.165) is 24.5 Å². The largest absolute Gasteiger partial charge is 0.493 e. The van der Waals surface area contributed by atoms with Gasteiger partial charge in [-0.15, -0.1) is 0 Å². The molecule has 5 heteroatoms. The lowest BCUT2D eigenvalue weighted by atomic mass is 9.94. The van der Waals surface area contributed by atoms with Gasteiger partial charge in [0.15, 0.2) is 5.75 Å². The third-order valence-electron chi connectivity index (χ3n) is 3.56. The monoisotopic (exact) mass is 253 g/mol. The van der Waals surface area contributed by atoms with E-state index < -0.39 is 0 Å². The molecular formula is C13H23N3O2. The lowest BCUT2D eigenvalue weighted by Crippen LogP contribution is -2.26. The van der Waals surface area contributed by atoms with Gasteiger partial charge in [0, 0.05) is 12.0 Å². The highest BCUT2D eigenvalue weighted by molar-refractivity contribution is 5.29. The Bertz CT molecular complexity index is 403. The number of methoxy groups -OCH3 is 1. The van der Waals surface area contributed by atoms with Gasteiger partial charge >= 0.3 is 0 Å². The fourth-order valence-corrected chi connectivity index (χ4v) is 2.57. The van der Waals surface area contributed by atoms with Crippen molar-refractivity contribution < 1.29 is 9.47 Å². The maximum Gasteiger partial charge on any atom is 0.161 e. The van der Waals surface area contributed by atoms with Crippen molar-refractivity contribution in [2.24, 2.45) is 11.7 Å². The Balaban J connectivity index is 2.27. The minimum absolute atomic E-state index is 0.0881. The summed E-state index contributed by atoms with van der Waals surface area (Å²) >= 11 is 0. The molecule has 0 saturated carbocycles. The van der Waals surface area contributed by atoms with Crippen molar-refractivity contribution in [3.63, 3.8) is 0 Å². The van der Waals surface area contributed by atoms with Crippen LogP contribution in [0.3, 0.4) is 0 Å². The normalized spacial score (nSPS) is 25.7. The summed E-state index contributed by atoms with van der Waals surface area (Å²) in [5.41, 5.74) is 7.38. The van der Waals surface area contributed by atoms with Crippen LogP contribution in [0.25, 0.3) is 0 Å². The van der Waals surface area contributed by atoms with Crippen LogP contribution >= 0.6 is 0 Å². The predicted molar refractivity (Wildman–Crippen MR) is 69.6 cm³/mol. The molecule has 0 bridgehead atoms. The van der Waals surface area contributed by atoms with Gasteiger partial charge in [-0.1, -0.05) is 0 Å². The van der Waals surface area contributed by atoms with Crippen LogP contribution in [0.2, 0.25) is 0 Å². The molecule has 1 aliphatic rings. The first-order chi connectivity index (χ1) is 8.54. The molecule has 1 aliphatic heterocycles. The molecule has 1 fully saturated rings. The fraction of sp³-hybridized carbons (Fsp3) is 0.769. The number of nitrogens with zero attached hydrogens (tertiary/aromatic N) is 2. The lowest BCUT2D eigenvalue weighted by molar-refractivity contribution is 0.118. The Morgan fingerprint density at radius 3 is 2.78 bits per heavy atom. The zero-order valence-electron chi connectivity index (χ0n) is 11.6. The SMILES string of the molecule is COc1cnn(C(C)C)c1C(N)C1COC(C)C1. The van der Waals surface area contributed by atoms with Gasteiger partial charge in [-0.05, 0) is 27.2 Å². The molecule has 0 aliphatic carbocycles. The molecule has 1 aromatic rings. The highest BCUT2D eigenvalue weighted by Gasteiger charge is 2.32. The van der Waals surface area contributed by atoms with Crippen LogP contribution in [-0.4, -0.2) is 29.6 Å². The molecule has 102 valence electrons. The number of hydrogen-bond donors (Lipinski definition) is 1. The summed E-state index contributed by atoms with van der Waals surface area (Å²) < 4.78 is 12.9. The van der Waals surface area contributed by atoms with Crippen LogP contribution in [0.5, 0.6) is 5.75 Å². The molecule has 18 heavy (non-hydrogen) atoms. The summed E-state index contributed by atoms with van der Waals surface area (Å²) in [5, 5.41) is 4.37. The van der Waals surface area contributed by atoms with Gasteiger partial charge in [-0.25, -0.2) is 0 Å². The highest BCUT2D eigenvalue weighted by atomic mass is 16.5. The van der Waals surface area contributed by atoms with Crippen molar-refractivity contribution in [1.82, 2.24) is 9.78 Å². The van der Waals surface area contributed by atoms with Gasteiger partial charge in [0.1, 0.15) is 0 Å². The fourth-order valence-electron chi connectivity index (χ4n) is 2.57. The Kier molecular flexibility index (Phi) is 3.92. The van der Waals surface area contributed by atoms with Crippen LogP contribution < -0.4 is 10.5 Å². The van der Waals surface area contributed by atoms with Gasteiger partial charge in [-0.2, -0.15) is 5.10 Å². The van der Waals surface area contributed by atoms with Crippen molar-refractivity contribution in [3.05, 3.63) is 11.9 Å². The standard InChI is InChI=1S/C13H23N3O2/c1-8(2)16-13(11(17-4)6-15-16)12(14)10-5-9(3)18-7-10/h6,8-10,12H,5,7,14H2,1-4H3. The highest BCUT2D eigenvalue weighted by Crippen LogP contribution is 2.35. The number of ether oxygens (including phenoxy) is 2. The first kappa shape index (κ1) is 13.4. The van der Waals surface area contributed by atoms with Gasteiger partial charge in [0.2, 0.25) is 0 Å². The Hall–Kier alpha value is -1.07. The summed E-state index contributed by atoms with van der Waals surface area (Å²) in [4.78, 5) is 0. The molecule has 1 saturated heterocycles. The molecule has 2 N–H and O–H groups in total. The van der Waals surface area contributed by atoms with Crippen LogP contribution in [0.15, 0.2) is 6.20 Å². The summed E-state index contributed by atoms with van der Waals surface area (Å²) in [7, 11) is 1.66. The van der Waals surface area contributed by atoms with E-state index in [9.17, 15) is 0 Å². The smallest absolute Gasteiger partial charge is 0.161 e. The Morgan fingerprint density at radius 2 is 2.28 bits per heavy atom. The molecule has 0 spiro atoms. The van der Waals surface area contributed by atoms with E-state index >= 15 is 0 Å². The summed E-state index contributed by atoms with van der Waals surface area (Å²) in [6, 6.07) is 0.185. The van der Waals surface area contributed by atoms with Gasteiger partial charge in [0.05, 0.1) is 37.8 Å². The van der Waals surface area contributed by atoms with Gasteiger partial charge < -0.3 is 15.2 Å². The van der Waals surface area contributed by atoms with Crippen LogP contribution in [0.4, 0.5) is 0 Å². The predicted octanol–water partition coefficient (Wildman–Crippen LogP) is 1.90. The average molecular weight is 253 g/mol. The second-order valence-corrected chi connectivity index (χ2v) is 5.30. The zero-order chi connectivity index (χ0) is 13.3. The van der Waals surface area contributed by atoms with Crippen LogP contribution in [0.1, 0.15) is 45.0 Å². The van der Waals surface area contributed by atoms with E-state index in [0.29, 0.717) is 12.0 Å². The molecule has 5 nitrogen and oxygen atoms in total. The van der Waals surface area contributed by atoms with Crippen LogP contribution in [-0.2, 0) is 4.74 Å². The van der Waals surface area contributed by atoms with Crippen molar-refractivity contribution in [1.29, 1.82) is 0 Å². The molecular weight excluding hydrogens is 230 g/mol. The summed E-state index contributed by atoms with van der Waals surface area (Å²) in [5.74, 6) is 1.11. The zero-order valence-corrected chi connectivity index (χ0v) is 11.6. The van der Waals surface area contributed by atoms with E-state index in [1.165, 1.54) is 0 Å². The quantitative estimate of drug-likeness (QED) is 0.890. The van der Waals surface area contributed by atoms with E-state index in [4.69, 9.17) is 15.2 Å². The Morgan fingerprint density at radius 1 is 1.56 bits per heavy atom. The summed E-state index contributed by atoms with van der Waals surface area (Å²) in [6.07, 6.45) is 3.03. The first-order valence-electron chi connectivity index (χ1n) is 6.53. The number of rotatable bonds is 4. The van der Waals surface area contributed by atoms with Gasteiger partial charge in [-0.3, -0.25) is 4.68 Å². The molecule has 0 radical (unpaired) electrons. The Labute approximate surface area is 108 Å². The van der Waals surface area contributed by atoms with E-state index in [1.807, 2.05) is 4.68 Å². The van der Waals surface area contributed by atoms with Crippen molar-refractivity contribution in [2.45, 2.75) is 45.4 Å². The third-order valence-corrected chi connectivity index (χ3v) is 3.56. The van der Waals surface area contributed by atoms with E-state index in [2.05, 4.69) is 25.9 Å². The molecule has 3 unspecified atom stereocenters. The minimum atomic E-state index is -0.0881. The maximum absolute atomic E-state index is 6.40. The third kappa shape index (κ3) is 2.37. The minimum Gasteiger partial charge on any atom is -0.493 e. The van der Waals surface area contributed by atoms with Crippen molar-refractivity contribution in [2.75, 3.05) is 13.7 Å². The molecule has 0 amide bonds. The number of aromatic nitrogens is 2. The topological polar surface area (TPSA) is 62.3 Å². The van der Waals surface area contributed by atoms with E-state index in [-0.39, 0.29) is 12.1 Å².